The molecule has 3 heteroatoms. The van der Waals surface area contributed by atoms with Crippen LogP contribution in [-0.4, -0.2) is 17.4 Å². The molecule has 0 radical (unpaired) electrons. The van der Waals surface area contributed by atoms with Crippen LogP contribution in [0.1, 0.15) is 129 Å². The Balaban J connectivity index is 2.98. The van der Waals surface area contributed by atoms with Gasteiger partial charge in [-0.2, -0.15) is 11.8 Å². The predicted octanol–water partition coefficient (Wildman–Crippen LogP) is 7.64. The summed E-state index contributed by atoms with van der Waals surface area (Å²) in [5, 5.41) is 0. The third kappa shape index (κ3) is 23.8. The molecular weight excluding hydrogens is 338 g/mol. The van der Waals surface area contributed by atoms with Crippen LogP contribution in [0.25, 0.3) is 0 Å². The van der Waals surface area contributed by atoms with Crippen molar-refractivity contribution in [3.63, 3.8) is 0 Å². The molecule has 0 aromatic heterocycles. The van der Waals surface area contributed by atoms with Crippen molar-refractivity contribution < 1.29 is 4.79 Å². The van der Waals surface area contributed by atoms with Gasteiger partial charge in [-0.15, -0.1) is 0 Å². The SMILES string of the molecule is CCCCCCCCCCCCCCCCCCSCCCCC(N)=O. The van der Waals surface area contributed by atoms with Crippen molar-refractivity contribution in [2.45, 2.75) is 129 Å². The molecule has 0 atom stereocenters. The van der Waals surface area contributed by atoms with Crippen molar-refractivity contribution in [3.8, 4) is 0 Å². The van der Waals surface area contributed by atoms with Crippen LogP contribution in [0.15, 0.2) is 0 Å². The fourth-order valence-corrected chi connectivity index (χ4v) is 4.38. The molecule has 0 unspecified atom stereocenters. The molecule has 0 heterocycles. The van der Waals surface area contributed by atoms with E-state index in [9.17, 15) is 4.79 Å². The quantitative estimate of drug-likeness (QED) is 0.195. The van der Waals surface area contributed by atoms with E-state index < -0.39 is 0 Å². The van der Waals surface area contributed by atoms with Crippen LogP contribution < -0.4 is 5.73 Å². The van der Waals surface area contributed by atoms with Crippen LogP contribution in [-0.2, 0) is 4.79 Å². The van der Waals surface area contributed by atoms with E-state index in [0.29, 0.717) is 6.42 Å². The molecule has 0 aromatic rings. The molecule has 0 rings (SSSR count). The van der Waals surface area contributed by atoms with Gasteiger partial charge in [-0.1, -0.05) is 103 Å². The molecular formula is C23H47NOS. The molecule has 2 N–H and O–H groups in total. The smallest absolute Gasteiger partial charge is 0.217 e. The van der Waals surface area contributed by atoms with Gasteiger partial charge in [0.2, 0.25) is 5.91 Å². The van der Waals surface area contributed by atoms with Gasteiger partial charge in [0.25, 0.3) is 0 Å². The first-order valence-electron chi connectivity index (χ1n) is 11.6. The zero-order valence-corrected chi connectivity index (χ0v) is 18.6. The van der Waals surface area contributed by atoms with E-state index in [1.165, 1.54) is 114 Å². The molecule has 1 amide bonds. The number of unbranched alkanes of at least 4 members (excludes halogenated alkanes) is 16. The minimum Gasteiger partial charge on any atom is -0.370 e. The Morgan fingerprint density at radius 1 is 0.577 bits per heavy atom. The Labute approximate surface area is 168 Å². The Morgan fingerprint density at radius 3 is 1.31 bits per heavy atom. The van der Waals surface area contributed by atoms with Gasteiger partial charge in [0, 0.05) is 6.42 Å². The number of hydrogen-bond acceptors (Lipinski definition) is 2. The lowest BCUT2D eigenvalue weighted by molar-refractivity contribution is -0.118. The van der Waals surface area contributed by atoms with E-state index in [-0.39, 0.29) is 5.91 Å². The van der Waals surface area contributed by atoms with Crippen LogP contribution >= 0.6 is 11.8 Å². The monoisotopic (exact) mass is 385 g/mol. The van der Waals surface area contributed by atoms with Gasteiger partial charge in [0.15, 0.2) is 0 Å². The molecule has 26 heavy (non-hydrogen) atoms. The summed E-state index contributed by atoms with van der Waals surface area (Å²) in [6, 6.07) is 0. The molecule has 0 fully saturated rings. The first-order chi connectivity index (χ1) is 12.8. The zero-order chi connectivity index (χ0) is 19.1. The van der Waals surface area contributed by atoms with Gasteiger partial charge in [-0.3, -0.25) is 4.79 Å². The first kappa shape index (κ1) is 25.8. The van der Waals surface area contributed by atoms with Crippen LogP contribution in [0.4, 0.5) is 0 Å². The number of carbonyl (C=O) groups is 1. The number of carbonyl (C=O) groups excluding carboxylic acids is 1. The molecule has 156 valence electrons. The number of primary amides is 1. The fraction of sp³-hybridized carbons (Fsp3) is 0.957. The minimum atomic E-state index is -0.159. The van der Waals surface area contributed by atoms with Crippen LogP contribution in [0.5, 0.6) is 0 Å². The molecule has 0 saturated carbocycles. The van der Waals surface area contributed by atoms with Gasteiger partial charge in [0.05, 0.1) is 0 Å². The highest BCUT2D eigenvalue weighted by Gasteiger charge is 1.96. The van der Waals surface area contributed by atoms with E-state index in [2.05, 4.69) is 6.92 Å². The van der Waals surface area contributed by atoms with Crippen molar-refractivity contribution in [1.29, 1.82) is 0 Å². The average Bonchev–Trinajstić information content (AvgIpc) is 2.62. The second-order valence-electron chi connectivity index (χ2n) is 7.84. The average molecular weight is 386 g/mol. The minimum absolute atomic E-state index is 0.159. The second kappa shape index (κ2) is 22.9. The van der Waals surface area contributed by atoms with E-state index >= 15 is 0 Å². The summed E-state index contributed by atoms with van der Waals surface area (Å²) >= 11 is 2.04. The summed E-state index contributed by atoms with van der Waals surface area (Å²) in [7, 11) is 0. The Morgan fingerprint density at radius 2 is 0.923 bits per heavy atom. The first-order valence-corrected chi connectivity index (χ1v) is 12.8. The van der Waals surface area contributed by atoms with Gasteiger partial charge < -0.3 is 5.73 Å². The summed E-state index contributed by atoms with van der Waals surface area (Å²) in [5.41, 5.74) is 5.13. The zero-order valence-electron chi connectivity index (χ0n) is 17.7. The van der Waals surface area contributed by atoms with Gasteiger partial charge in [0.1, 0.15) is 0 Å². The molecule has 0 aliphatic carbocycles. The number of nitrogens with two attached hydrogens (primary N) is 1. The van der Waals surface area contributed by atoms with E-state index in [1.54, 1.807) is 0 Å². The number of thioether (sulfide) groups is 1. The van der Waals surface area contributed by atoms with Crippen LogP contribution in [0, 0.1) is 0 Å². The fourth-order valence-electron chi connectivity index (χ4n) is 3.36. The topological polar surface area (TPSA) is 43.1 Å². The summed E-state index contributed by atoms with van der Waals surface area (Å²) in [4.78, 5) is 10.6. The lowest BCUT2D eigenvalue weighted by atomic mass is 10.0. The Kier molecular flexibility index (Phi) is 22.7. The van der Waals surface area contributed by atoms with E-state index in [4.69, 9.17) is 5.73 Å². The molecule has 0 saturated heterocycles. The van der Waals surface area contributed by atoms with E-state index in [0.717, 1.165) is 12.8 Å². The van der Waals surface area contributed by atoms with E-state index in [1.807, 2.05) is 11.8 Å². The maximum atomic E-state index is 10.6. The second-order valence-corrected chi connectivity index (χ2v) is 9.06. The summed E-state index contributed by atoms with van der Waals surface area (Å²) in [6.07, 6.45) is 25.6. The molecule has 0 aliphatic rings. The molecule has 0 spiro atoms. The Bertz CT molecular complexity index is 283. The highest BCUT2D eigenvalue weighted by molar-refractivity contribution is 7.99. The highest BCUT2D eigenvalue weighted by Crippen LogP contribution is 2.15. The van der Waals surface area contributed by atoms with Crippen molar-refractivity contribution in [3.05, 3.63) is 0 Å². The Hall–Kier alpha value is -0.180. The summed E-state index contributed by atoms with van der Waals surface area (Å²) in [5.74, 6) is 2.31. The molecule has 2 nitrogen and oxygen atoms in total. The number of amides is 1. The number of hydrogen-bond donors (Lipinski definition) is 1. The maximum absolute atomic E-state index is 10.6. The lowest BCUT2D eigenvalue weighted by Crippen LogP contribution is -2.09. The van der Waals surface area contributed by atoms with Crippen molar-refractivity contribution in [2.24, 2.45) is 5.73 Å². The number of rotatable bonds is 22. The van der Waals surface area contributed by atoms with Gasteiger partial charge >= 0.3 is 0 Å². The highest BCUT2D eigenvalue weighted by atomic mass is 32.2. The molecule has 0 aliphatic heterocycles. The van der Waals surface area contributed by atoms with Crippen LogP contribution in [0.3, 0.4) is 0 Å². The standard InChI is InChI=1S/C23H47NOS/c1-2-3-4-5-6-7-8-9-10-11-12-13-14-15-16-18-21-26-22-19-17-20-23(24)25/h2-22H2,1H3,(H2,24,25). The normalized spacial score (nSPS) is 11.1. The lowest BCUT2D eigenvalue weighted by Gasteiger charge is -2.04. The largest absolute Gasteiger partial charge is 0.370 e. The van der Waals surface area contributed by atoms with Gasteiger partial charge in [-0.05, 0) is 30.8 Å². The third-order valence-corrected chi connectivity index (χ3v) is 6.26. The van der Waals surface area contributed by atoms with Crippen molar-refractivity contribution in [2.75, 3.05) is 11.5 Å². The summed E-state index contributed by atoms with van der Waals surface area (Å²) in [6.45, 7) is 2.29. The maximum Gasteiger partial charge on any atom is 0.217 e. The molecule has 0 aromatic carbocycles. The predicted molar refractivity (Wildman–Crippen MR) is 120 cm³/mol. The third-order valence-electron chi connectivity index (χ3n) is 5.10. The molecule has 0 bridgehead atoms. The van der Waals surface area contributed by atoms with Gasteiger partial charge in [-0.25, -0.2) is 0 Å². The van der Waals surface area contributed by atoms with Crippen molar-refractivity contribution >= 4 is 17.7 Å². The van der Waals surface area contributed by atoms with Crippen LogP contribution in [0.2, 0.25) is 0 Å². The van der Waals surface area contributed by atoms with Crippen molar-refractivity contribution in [1.82, 2.24) is 0 Å². The summed E-state index contributed by atoms with van der Waals surface area (Å²) < 4.78 is 0.